The molecule has 1 N–H and O–H groups in total. The van der Waals surface area contributed by atoms with E-state index in [9.17, 15) is 9.59 Å². The SMILES string of the molecule is COc1ccc(CC(=O)N2CCC[C@@H]2C(=O)NCc2ccccc2)cc1. The van der Waals surface area contributed by atoms with E-state index in [-0.39, 0.29) is 17.9 Å². The Labute approximate surface area is 154 Å². The van der Waals surface area contributed by atoms with Crippen molar-refractivity contribution in [3.63, 3.8) is 0 Å². The Morgan fingerprint density at radius 3 is 2.50 bits per heavy atom. The number of nitrogens with one attached hydrogen (secondary N) is 1. The van der Waals surface area contributed by atoms with Crippen LogP contribution in [0.3, 0.4) is 0 Å². The maximum absolute atomic E-state index is 12.7. The van der Waals surface area contributed by atoms with Gasteiger partial charge in [-0.1, -0.05) is 42.5 Å². The maximum atomic E-state index is 12.7. The average Bonchev–Trinajstić information content (AvgIpc) is 3.17. The zero-order valence-electron chi connectivity index (χ0n) is 15.0. The molecule has 2 aromatic carbocycles. The quantitative estimate of drug-likeness (QED) is 0.869. The summed E-state index contributed by atoms with van der Waals surface area (Å²) in [5.74, 6) is 0.683. The fraction of sp³-hybridized carbons (Fsp3) is 0.333. The van der Waals surface area contributed by atoms with Gasteiger partial charge in [-0.15, -0.1) is 0 Å². The summed E-state index contributed by atoms with van der Waals surface area (Å²) in [6.07, 6.45) is 1.87. The molecule has 0 aliphatic carbocycles. The summed E-state index contributed by atoms with van der Waals surface area (Å²) in [6, 6.07) is 16.9. The van der Waals surface area contributed by atoms with Gasteiger partial charge in [0.2, 0.25) is 11.8 Å². The number of carbonyl (C=O) groups excluding carboxylic acids is 2. The number of rotatable bonds is 6. The van der Waals surface area contributed by atoms with Crippen LogP contribution >= 0.6 is 0 Å². The largest absolute Gasteiger partial charge is 0.497 e. The van der Waals surface area contributed by atoms with Gasteiger partial charge >= 0.3 is 0 Å². The van der Waals surface area contributed by atoms with Gasteiger partial charge in [-0.2, -0.15) is 0 Å². The van der Waals surface area contributed by atoms with Gasteiger partial charge in [0, 0.05) is 13.1 Å². The lowest BCUT2D eigenvalue weighted by Gasteiger charge is -2.24. The monoisotopic (exact) mass is 352 g/mol. The zero-order valence-corrected chi connectivity index (χ0v) is 15.0. The van der Waals surface area contributed by atoms with E-state index in [1.807, 2.05) is 54.6 Å². The average molecular weight is 352 g/mol. The number of benzene rings is 2. The Morgan fingerprint density at radius 1 is 1.08 bits per heavy atom. The van der Waals surface area contributed by atoms with E-state index in [0.717, 1.165) is 29.7 Å². The lowest BCUT2D eigenvalue weighted by molar-refractivity contribution is -0.138. The lowest BCUT2D eigenvalue weighted by atomic mass is 10.1. The number of hydrogen-bond donors (Lipinski definition) is 1. The zero-order chi connectivity index (χ0) is 18.4. The molecule has 2 aromatic rings. The van der Waals surface area contributed by atoms with Crippen molar-refractivity contribution >= 4 is 11.8 Å². The van der Waals surface area contributed by atoms with Crippen LogP contribution in [0, 0.1) is 0 Å². The van der Waals surface area contributed by atoms with Crippen molar-refractivity contribution in [3.8, 4) is 5.75 Å². The molecule has 0 bridgehead atoms. The van der Waals surface area contributed by atoms with Gasteiger partial charge in [-0.25, -0.2) is 0 Å². The van der Waals surface area contributed by atoms with Crippen molar-refractivity contribution < 1.29 is 14.3 Å². The molecule has 0 spiro atoms. The summed E-state index contributed by atoms with van der Waals surface area (Å²) < 4.78 is 5.14. The molecule has 26 heavy (non-hydrogen) atoms. The first-order valence-corrected chi connectivity index (χ1v) is 8.91. The molecule has 136 valence electrons. The number of ether oxygens (including phenoxy) is 1. The second-order valence-corrected chi connectivity index (χ2v) is 6.47. The molecule has 2 amide bonds. The Hall–Kier alpha value is -2.82. The molecule has 5 heteroatoms. The molecule has 0 saturated carbocycles. The molecule has 1 atom stereocenters. The van der Waals surface area contributed by atoms with E-state index >= 15 is 0 Å². The van der Waals surface area contributed by atoms with E-state index in [1.54, 1.807) is 12.0 Å². The molecule has 0 radical (unpaired) electrons. The summed E-state index contributed by atoms with van der Waals surface area (Å²) >= 11 is 0. The standard InChI is InChI=1S/C21H24N2O3/c1-26-18-11-9-16(10-12-18)14-20(24)23-13-5-8-19(23)21(25)22-15-17-6-3-2-4-7-17/h2-4,6-7,9-12,19H,5,8,13-15H2,1H3,(H,22,25)/t19-/m1/s1. The molecule has 1 saturated heterocycles. The van der Waals surface area contributed by atoms with E-state index in [1.165, 1.54) is 0 Å². The van der Waals surface area contributed by atoms with Crippen LogP contribution in [0.4, 0.5) is 0 Å². The van der Waals surface area contributed by atoms with Gasteiger partial charge in [0.05, 0.1) is 13.5 Å². The minimum Gasteiger partial charge on any atom is -0.497 e. The van der Waals surface area contributed by atoms with Crippen molar-refractivity contribution in [2.45, 2.75) is 31.8 Å². The molecule has 1 aliphatic heterocycles. The van der Waals surface area contributed by atoms with Gasteiger partial charge in [-0.3, -0.25) is 9.59 Å². The number of hydrogen-bond acceptors (Lipinski definition) is 3. The molecule has 5 nitrogen and oxygen atoms in total. The van der Waals surface area contributed by atoms with Crippen molar-refractivity contribution in [1.82, 2.24) is 10.2 Å². The van der Waals surface area contributed by atoms with Crippen molar-refractivity contribution in [3.05, 3.63) is 65.7 Å². The molecule has 0 unspecified atom stereocenters. The van der Waals surface area contributed by atoms with Crippen molar-refractivity contribution in [2.24, 2.45) is 0 Å². The molecule has 3 rings (SSSR count). The van der Waals surface area contributed by atoms with E-state index in [0.29, 0.717) is 19.5 Å². The number of methoxy groups -OCH3 is 1. The van der Waals surface area contributed by atoms with Crippen LogP contribution in [0.5, 0.6) is 5.75 Å². The van der Waals surface area contributed by atoms with E-state index < -0.39 is 0 Å². The van der Waals surface area contributed by atoms with Crippen LogP contribution in [-0.4, -0.2) is 36.4 Å². The molecular weight excluding hydrogens is 328 g/mol. The van der Waals surface area contributed by atoms with Crippen LogP contribution in [0.25, 0.3) is 0 Å². The number of nitrogens with zero attached hydrogens (tertiary/aromatic N) is 1. The summed E-state index contributed by atoms with van der Waals surface area (Å²) in [7, 11) is 1.61. The third-order valence-corrected chi connectivity index (χ3v) is 4.70. The molecule has 1 aliphatic rings. The highest BCUT2D eigenvalue weighted by Crippen LogP contribution is 2.20. The van der Waals surface area contributed by atoms with Gasteiger partial charge in [0.1, 0.15) is 11.8 Å². The second kappa shape index (κ2) is 8.52. The highest BCUT2D eigenvalue weighted by Gasteiger charge is 2.33. The normalized spacial score (nSPS) is 16.3. The summed E-state index contributed by atoms with van der Waals surface area (Å²) in [6.45, 7) is 1.12. The Balaban J connectivity index is 1.57. The van der Waals surface area contributed by atoms with Crippen LogP contribution < -0.4 is 10.1 Å². The number of likely N-dealkylation sites (tertiary alicyclic amines) is 1. The summed E-state index contributed by atoms with van der Waals surface area (Å²) in [5, 5.41) is 2.96. The minimum absolute atomic E-state index is 0.00692. The Kier molecular flexibility index (Phi) is 5.89. The van der Waals surface area contributed by atoms with Crippen molar-refractivity contribution in [2.75, 3.05) is 13.7 Å². The third-order valence-electron chi connectivity index (χ3n) is 4.70. The predicted octanol–water partition coefficient (Wildman–Crippen LogP) is 2.55. The molecule has 1 fully saturated rings. The van der Waals surface area contributed by atoms with Crippen LogP contribution in [-0.2, 0) is 22.6 Å². The minimum atomic E-state index is -0.371. The smallest absolute Gasteiger partial charge is 0.243 e. The van der Waals surface area contributed by atoms with Crippen LogP contribution in [0.1, 0.15) is 24.0 Å². The number of amides is 2. The number of carbonyl (C=O) groups is 2. The highest BCUT2D eigenvalue weighted by molar-refractivity contribution is 5.89. The van der Waals surface area contributed by atoms with Gasteiger partial charge in [-0.05, 0) is 36.1 Å². The fourth-order valence-corrected chi connectivity index (χ4v) is 3.26. The van der Waals surface area contributed by atoms with Crippen LogP contribution in [0.15, 0.2) is 54.6 Å². The van der Waals surface area contributed by atoms with Crippen LogP contribution in [0.2, 0.25) is 0 Å². The highest BCUT2D eigenvalue weighted by atomic mass is 16.5. The first kappa shape index (κ1) is 18.0. The van der Waals surface area contributed by atoms with Crippen molar-refractivity contribution in [1.29, 1.82) is 0 Å². The molecule has 1 heterocycles. The van der Waals surface area contributed by atoms with Gasteiger partial charge in [0.25, 0.3) is 0 Å². The molecule has 0 aromatic heterocycles. The molecular formula is C21H24N2O3. The Bertz CT molecular complexity index is 744. The Morgan fingerprint density at radius 2 is 1.81 bits per heavy atom. The summed E-state index contributed by atoms with van der Waals surface area (Å²) in [4.78, 5) is 26.9. The van der Waals surface area contributed by atoms with E-state index in [2.05, 4.69) is 5.32 Å². The predicted molar refractivity (Wildman–Crippen MR) is 99.7 cm³/mol. The second-order valence-electron chi connectivity index (χ2n) is 6.47. The third kappa shape index (κ3) is 4.42. The van der Waals surface area contributed by atoms with Gasteiger partial charge < -0.3 is 15.0 Å². The first-order valence-electron chi connectivity index (χ1n) is 8.91. The topological polar surface area (TPSA) is 58.6 Å². The lowest BCUT2D eigenvalue weighted by Crippen LogP contribution is -2.46. The van der Waals surface area contributed by atoms with Gasteiger partial charge in [0.15, 0.2) is 0 Å². The fourth-order valence-electron chi connectivity index (χ4n) is 3.26. The van der Waals surface area contributed by atoms with E-state index in [4.69, 9.17) is 4.74 Å². The summed E-state index contributed by atoms with van der Waals surface area (Å²) in [5.41, 5.74) is 1.97. The first-order chi connectivity index (χ1) is 12.7. The maximum Gasteiger partial charge on any atom is 0.243 e.